The third kappa shape index (κ3) is 2.10. The number of anilines is 1. The van der Waals surface area contributed by atoms with E-state index in [1.807, 2.05) is 55.5 Å². The topological polar surface area (TPSA) is 29.1 Å². The van der Waals surface area contributed by atoms with Crippen LogP contribution in [0.25, 0.3) is 11.6 Å². The molecule has 1 aliphatic heterocycles. The van der Waals surface area contributed by atoms with Gasteiger partial charge >= 0.3 is 0 Å². The molecule has 0 atom stereocenters. The Morgan fingerprint density at radius 2 is 1.89 bits per heavy atom. The van der Waals surface area contributed by atoms with Gasteiger partial charge in [-0.3, -0.25) is 4.79 Å². The molecule has 0 saturated heterocycles. The molecule has 94 valence electrons. The van der Waals surface area contributed by atoms with E-state index in [-0.39, 0.29) is 5.91 Å². The van der Waals surface area contributed by atoms with Crippen molar-refractivity contribution in [1.82, 2.24) is 0 Å². The minimum Gasteiger partial charge on any atom is -0.321 e. The van der Waals surface area contributed by atoms with Crippen LogP contribution in [-0.2, 0) is 4.79 Å². The number of nitrogens with one attached hydrogen (secondary N) is 1. The highest BCUT2D eigenvalue weighted by molar-refractivity contribution is 9.10. The number of hydrogen-bond donors (Lipinski definition) is 1. The molecule has 2 aromatic carbocycles. The molecule has 2 nitrogen and oxygen atoms in total. The second-order valence-corrected chi connectivity index (χ2v) is 5.37. The minimum atomic E-state index is -0.0411. The molecule has 0 saturated carbocycles. The van der Waals surface area contributed by atoms with Gasteiger partial charge in [-0.05, 0) is 36.3 Å². The Bertz CT molecular complexity index is 704. The van der Waals surface area contributed by atoms with Crippen LogP contribution in [-0.4, -0.2) is 5.91 Å². The Hall–Kier alpha value is -1.87. The minimum absolute atomic E-state index is 0.0411. The smallest absolute Gasteiger partial charge is 0.256 e. The number of fused-ring (bicyclic) bond motifs is 1. The summed E-state index contributed by atoms with van der Waals surface area (Å²) in [5.41, 5.74) is 4.75. The molecular formula is C16H12BrNO. The lowest BCUT2D eigenvalue weighted by molar-refractivity contribution is -0.110. The summed E-state index contributed by atoms with van der Waals surface area (Å²) in [5.74, 6) is -0.0411. The van der Waals surface area contributed by atoms with E-state index < -0.39 is 0 Å². The van der Waals surface area contributed by atoms with Crippen molar-refractivity contribution in [1.29, 1.82) is 0 Å². The van der Waals surface area contributed by atoms with Crippen LogP contribution in [0.2, 0.25) is 0 Å². The first kappa shape index (κ1) is 12.2. The Balaban J connectivity index is 2.14. The molecule has 0 fully saturated rings. The highest BCUT2D eigenvalue weighted by Gasteiger charge is 2.23. The lowest BCUT2D eigenvalue weighted by Crippen LogP contribution is -2.03. The number of carbonyl (C=O) groups excluding carboxylic acids is 1. The van der Waals surface area contributed by atoms with Crippen LogP contribution in [0.1, 0.15) is 16.7 Å². The van der Waals surface area contributed by atoms with Gasteiger partial charge in [0.25, 0.3) is 5.91 Å². The maximum absolute atomic E-state index is 12.0. The SMILES string of the molecule is Cc1c(Br)cccc1/C=C1\C(=O)Nc2ccccc21. The van der Waals surface area contributed by atoms with Gasteiger partial charge in [-0.2, -0.15) is 0 Å². The summed E-state index contributed by atoms with van der Waals surface area (Å²) < 4.78 is 1.05. The zero-order valence-electron chi connectivity index (χ0n) is 10.4. The first-order valence-electron chi connectivity index (χ1n) is 6.04. The normalized spacial score (nSPS) is 15.5. The van der Waals surface area contributed by atoms with Gasteiger partial charge in [0, 0.05) is 21.3 Å². The van der Waals surface area contributed by atoms with Gasteiger partial charge in [-0.15, -0.1) is 0 Å². The molecule has 0 bridgehead atoms. The first-order chi connectivity index (χ1) is 9.16. The molecule has 0 spiro atoms. The van der Waals surface area contributed by atoms with Crippen molar-refractivity contribution in [2.75, 3.05) is 5.32 Å². The Kier molecular flexibility index (Phi) is 2.99. The molecule has 1 amide bonds. The zero-order valence-corrected chi connectivity index (χ0v) is 12.0. The highest BCUT2D eigenvalue weighted by atomic mass is 79.9. The van der Waals surface area contributed by atoms with Crippen LogP contribution in [0.3, 0.4) is 0 Å². The Morgan fingerprint density at radius 3 is 2.74 bits per heavy atom. The van der Waals surface area contributed by atoms with Crippen molar-refractivity contribution in [2.24, 2.45) is 0 Å². The van der Waals surface area contributed by atoms with Crippen LogP contribution >= 0.6 is 15.9 Å². The van der Waals surface area contributed by atoms with Gasteiger partial charge in [-0.1, -0.05) is 46.3 Å². The van der Waals surface area contributed by atoms with Gasteiger partial charge in [0.05, 0.1) is 0 Å². The summed E-state index contributed by atoms with van der Waals surface area (Å²) in [4.78, 5) is 12.0. The van der Waals surface area contributed by atoms with E-state index in [2.05, 4.69) is 21.2 Å². The molecule has 0 aromatic heterocycles. The number of rotatable bonds is 1. The van der Waals surface area contributed by atoms with Gasteiger partial charge < -0.3 is 5.32 Å². The zero-order chi connectivity index (χ0) is 13.4. The van der Waals surface area contributed by atoms with Crippen molar-refractivity contribution in [2.45, 2.75) is 6.92 Å². The van der Waals surface area contributed by atoms with Crippen molar-refractivity contribution in [3.63, 3.8) is 0 Å². The summed E-state index contributed by atoms with van der Waals surface area (Å²) in [6.07, 6.45) is 1.95. The fraction of sp³-hybridized carbons (Fsp3) is 0.0625. The largest absolute Gasteiger partial charge is 0.321 e. The van der Waals surface area contributed by atoms with Crippen LogP contribution < -0.4 is 5.32 Å². The average Bonchev–Trinajstić information content (AvgIpc) is 2.72. The monoisotopic (exact) mass is 313 g/mol. The fourth-order valence-electron chi connectivity index (χ4n) is 2.22. The highest BCUT2D eigenvalue weighted by Crippen LogP contribution is 2.33. The van der Waals surface area contributed by atoms with Crippen molar-refractivity contribution < 1.29 is 4.79 Å². The number of halogens is 1. The lowest BCUT2D eigenvalue weighted by atomic mass is 10.0. The molecule has 2 aromatic rings. The molecule has 0 unspecified atom stereocenters. The molecule has 1 N–H and O–H groups in total. The summed E-state index contributed by atoms with van der Waals surface area (Å²) in [6.45, 7) is 2.04. The number of benzene rings is 2. The lowest BCUT2D eigenvalue weighted by Gasteiger charge is -2.04. The molecule has 3 heteroatoms. The third-order valence-corrected chi connectivity index (χ3v) is 4.18. The first-order valence-corrected chi connectivity index (χ1v) is 6.83. The van der Waals surface area contributed by atoms with Crippen LogP contribution in [0, 0.1) is 6.92 Å². The van der Waals surface area contributed by atoms with E-state index in [1.54, 1.807) is 0 Å². The predicted octanol–water partition coefficient (Wildman–Crippen LogP) is 4.25. The third-order valence-electron chi connectivity index (χ3n) is 3.32. The van der Waals surface area contributed by atoms with Gasteiger partial charge in [0.15, 0.2) is 0 Å². The summed E-state index contributed by atoms with van der Waals surface area (Å²) >= 11 is 3.51. The number of hydrogen-bond acceptors (Lipinski definition) is 1. The van der Waals surface area contributed by atoms with E-state index in [9.17, 15) is 4.79 Å². The van der Waals surface area contributed by atoms with E-state index >= 15 is 0 Å². The van der Waals surface area contributed by atoms with E-state index in [1.165, 1.54) is 0 Å². The Labute approximate surface area is 120 Å². The standard InChI is InChI=1S/C16H12BrNO/c1-10-11(5-4-7-14(10)17)9-13-12-6-2-3-8-15(12)18-16(13)19/h2-9H,1H3,(H,18,19)/b13-9-. The second-order valence-electron chi connectivity index (χ2n) is 4.51. The van der Waals surface area contributed by atoms with Crippen LogP contribution in [0.15, 0.2) is 46.9 Å². The van der Waals surface area contributed by atoms with Crippen molar-refractivity contribution in [3.05, 3.63) is 63.6 Å². The summed E-state index contributed by atoms with van der Waals surface area (Å²) in [7, 11) is 0. The number of carbonyl (C=O) groups is 1. The van der Waals surface area contributed by atoms with E-state index in [0.29, 0.717) is 0 Å². The molecular weight excluding hydrogens is 302 g/mol. The maximum Gasteiger partial charge on any atom is 0.256 e. The molecule has 0 radical (unpaired) electrons. The van der Waals surface area contributed by atoms with Crippen LogP contribution in [0.5, 0.6) is 0 Å². The molecule has 19 heavy (non-hydrogen) atoms. The van der Waals surface area contributed by atoms with Gasteiger partial charge in [-0.25, -0.2) is 0 Å². The van der Waals surface area contributed by atoms with Gasteiger partial charge in [0.1, 0.15) is 0 Å². The Morgan fingerprint density at radius 1 is 1.11 bits per heavy atom. The fourth-order valence-corrected chi connectivity index (χ4v) is 2.60. The molecule has 3 rings (SSSR count). The summed E-state index contributed by atoms with van der Waals surface area (Å²) in [5, 5.41) is 2.88. The summed E-state index contributed by atoms with van der Waals surface area (Å²) in [6, 6.07) is 13.7. The quantitative estimate of drug-likeness (QED) is 0.783. The maximum atomic E-state index is 12.0. The molecule has 1 heterocycles. The second kappa shape index (κ2) is 4.67. The van der Waals surface area contributed by atoms with Gasteiger partial charge in [0.2, 0.25) is 0 Å². The number of para-hydroxylation sites is 1. The van der Waals surface area contributed by atoms with E-state index in [0.717, 1.165) is 32.4 Å². The number of amides is 1. The van der Waals surface area contributed by atoms with Crippen molar-refractivity contribution in [3.8, 4) is 0 Å². The molecule has 1 aliphatic rings. The van der Waals surface area contributed by atoms with E-state index in [4.69, 9.17) is 0 Å². The predicted molar refractivity (Wildman–Crippen MR) is 81.8 cm³/mol. The average molecular weight is 314 g/mol. The van der Waals surface area contributed by atoms with Crippen molar-refractivity contribution >= 4 is 39.2 Å². The molecule has 0 aliphatic carbocycles. The van der Waals surface area contributed by atoms with Crippen LogP contribution in [0.4, 0.5) is 5.69 Å².